The highest BCUT2D eigenvalue weighted by atomic mass is 19.1. The molecule has 0 aliphatic carbocycles. The zero-order valence-corrected chi connectivity index (χ0v) is 9.59. The summed E-state index contributed by atoms with van der Waals surface area (Å²) in [7, 11) is 0. The summed E-state index contributed by atoms with van der Waals surface area (Å²) >= 11 is 0. The summed E-state index contributed by atoms with van der Waals surface area (Å²) in [6.07, 6.45) is 0.615. The van der Waals surface area contributed by atoms with Crippen molar-refractivity contribution in [2.24, 2.45) is 5.73 Å². The third-order valence-electron chi connectivity index (χ3n) is 2.85. The summed E-state index contributed by atoms with van der Waals surface area (Å²) in [5, 5.41) is 3.08. The molecule has 0 saturated heterocycles. The SMILES string of the molecule is CC[C@@](C)(NCc1ccc(F)cc1)C(N)=O. The van der Waals surface area contributed by atoms with Gasteiger partial charge in [-0.05, 0) is 31.0 Å². The highest BCUT2D eigenvalue weighted by Gasteiger charge is 2.27. The van der Waals surface area contributed by atoms with Crippen LogP contribution in [-0.2, 0) is 11.3 Å². The minimum atomic E-state index is -0.714. The van der Waals surface area contributed by atoms with E-state index in [1.165, 1.54) is 12.1 Å². The van der Waals surface area contributed by atoms with Gasteiger partial charge in [-0.15, -0.1) is 0 Å². The maximum Gasteiger partial charge on any atom is 0.237 e. The number of carbonyl (C=O) groups is 1. The smallest absolute Gasteiger partial charge is 0.237 e. The number of hydrogen-bond donors (Lipinski definition) is 2. The summed E-state index contributed by atoms with van der Waals surface area (Å²) in [4.78, 5) is 11.2. The average molecular weight is 224 g/mol. The van der Waals surface area contributed by atoms with Crippen LogP contribution in [0, 0.1) is 5.82 Å². The number of benzene rings is 1. The van der Waals surface area contributed by atoms with Crippen LogP contribution < -0.4 is 11.1 Å². The van der Waals surface area contributed by atoms with Crippen molar-refractivity contribution in [3.05, 3.63) is 35.6 Å². The molecule has 0 unspecified atom stereocenters. The third kappa shape index (κ3) is 3.03. The Morgan fingerprint density at radius 3 is 2.44 bits per heavy atom. The summed E-state index contributed by atoms with van der Waals surface area (Å²) in [5.41, 5.74) is 5.51. The first-order chi connectivity index (χ1) is 7.48. The Morgan fingerprint density at radius 1 is 1.44 bits per heavy atom. The molecule has 0 radical (unpaired) electrons. The van der Waals surface area contributed by atoms with Crippen molar-refractivity contribution in [2.75, 3.05) is 0 Å². The quantitative estimate of drug-likeness (QED) is 0.797. The first-order valence-electron chi connectivity index (χ1n) is 5.27. The van der Waals surface area contributed by atoms with Crippen LogP contribution in [0.1, 0.15) is 25.8 Å². The van der Waals surface area contributed by atoms with Crippen LogP contribution in [0.3, 0.4) is 0 Å². The molecule has 88 valence electrons. The zero-order chi connectivity index (χ0) is 12.2. The number of amides is 1. The van der Waals surface area contributed by atoms with Gasteiger partial charge in [-0.1, -0.05) is 19.1 Å². The van der Waals surface area contributed by atoms with Gasteiger partial charge in [0.05, 0.1) is 5.54 Å². The molecule has 1 aromatic carbocycles. The molecule has 0 aromatic heterocycles. The van der Waals surface area contributed by atoms with E-state index >= 15 is 0 Å². The zero-order valence-electron chi connectivity index (χ0n) is 9.59. The van der Waals surface area contributed by atoms with Crippen LogP contribution in [-0.4, -0.2) is 11.4 Å². The molecule has 1 atom stereocenters. The molecule has 3 nitrogen and oxygen atoms in total. The molecule has 1 aromatic rings. The number of nitrogens with one attached hydrogen (secondary N) is 1. The van der Waals surface area contributed by atoms with E-state index in [0.717, 1.165) is 5.56 Å². The normalized spacial score (nSPS) is 14.4. The molecule has 3 N–H and O–H groups in total. The van der Waals surface area contributed by atoms with Crippen molar-refractivity contribution < 1.29 is 9.18 Å². The molecule has 0 saturated carbocycles. The number of carbonyl (C=O) groups excluding carboxylic acids is 1. The van der Waals surface area contributed by atoms with E-state index < -0.39 is 5.54 Å². The van der Waals surface area contributed by atoms with Gasteiger partial charge in [0.25, 0.3) is 0 Å². The number of rotatable bonds is 5. The minimum absolute atomic E-state index is 0.267. The second-order valence-electron chi connectivity index (χ2n) is 4.03. The van der Waals surface area contributed by atoms with Gasteiger partial charge in [0.15, 0.2) is 0 Å². The van der Waals surface area contributed by atoms with Crippen molar-refractivity contribution >= 4 is 5.91 Å². The topological polar surface area (TPSA) is 55.1 Å². The Labute approximate surface area is 94.8 Å². The fourth-order valence-electron chi connectivity index (χ4n) is 1.29. The minimum Gasteiger partial charge on any atom is -0.368 e. The highest BCUT2D eigenvalue weighted by Crippen LogP contribution is 2.10. The second kappa shape index (κ2) is 5.07. The Balaban J connectivity index is 2.63. The molecule has 0 aliphatic rings. The van der Waals surface area contributed by atoms with Gasteiger partial charge in [0, 0.05) is 6.54 Å². The Morgan fingerprint density at radius 2 is 2.00 bits per heavy atom. The van der Waals surface area contributed by atoms with Crippen molar-refractivity contribution in [3.63, 3.8) is 0 Å². The molecule has 16 heavy (non-hydrogen) atoms. The molecular formula is C12H17FN2O. The molecule has 1 amide bonds. The van der Waals surface area contributed by atoms with Crippen LogP contribution in [0.5, 0.6) is 0 Å². The van der Waals surface area contributed by atoms with E-state index in [2.05, 4.69) is 5.32 Å². The number of primary amides is 1. The van der Waals surface area contributed by atoms with Gasteiger partial charge < -0.3 is 5.73 Å². The number of nitrogens with two attached hydrogens (primary N) is 1. The lowest BCUT2D eigenvalue weighted by Gasteiger charge is -2.26. The predicted molar refractivity (Wildman–Crippen MR) is 61.1 cm³/mol. The van der Waals surface area contributed by atoms with Gasteiger partial charge in [-0.3, -0.25) is 10.1 Å². The summed E-state index contributed by atoms with van der Waals surface area (Å²) in [6, 6.07) is 6.15. The summed E-state index contributed by atoms with van der Waals surface area (Å²) < 4.78 is 12.7. The Hall–Kier alpha value is -1.42. The number of halogens is 1. The second-order valence-corrected chi connectivity index (χ2v) is 4.03. The molecule has 0 bridgehead atoms. The fourth-order valence-corrected chi connectivity index (χ4v) is 1.29. The van der Waals surface area contributed by atoms with E-state index in [9.17, 15) is 9.18 Å². The Kier molecular flexibility index (Phi) is 4.01. The van der Waals surface area contributed by atoms with Crippen molar-refractivity contribution in [1.29, 1.82) is 0 Å². The van der Waals surface area contributed by atoms with Crippen LogP contribution in [0.15, 0.2) is 24.3 Å². The van der Waals surface area contributed by atoms with E-state index in [1.54, 1.807) is 19.1 Å². The lowest BCUT2D eigenvalue weighted by Crippen LogP contribution is -2.52. The predicted octanol–water partition coefficient (Wildman–Crippen LogP) is 1.57. The molecule has 0 heterocycles. The Bertz CT molecular complexity index is 364. The van der Waals surface area contributed by atoms with Gasteiger partial charge >= 0.3 is 0 Å². The molecule has 4 heteroatoms. The lowest BCUT2D eigenvalue weighted by atomic mass is 9.97. The fraction of sp³-hybridized carbons (Fsp3) is 0.417. The lowest BCUT2D eigenvalue weighted by molar-refractivity contribution is -0.124. The van der Waals surface area contributed by atoms with E-state index in [4.69, 9.17) is 5.73 Å². The standard InChI is InChI=1S/C12H17FN2O/c1-3-12(2,11(14)16)15-8-9-4-6-10(13)7-5-9/h4-7,15H,3,8H2,1-2H3,(H2,14,16)/t12-/m1/s1. The van der Waals surface area contributed by atoms with Crippen molar-refractivity contribution in [1.82, 2.24) is 5.32 Å². The molecule has 0 aliphatic heterocycles. The third-order valence-corrected chi connectivity index (χ3v) is 2.85. The van der Waals surface area contributed by atoms with E-state index in [-0.39, 0.29) is 11.7 Å². The van der Waals surface area contributed by atoms with Crippen LogP contribution >= 0.6 is 0 Å². The van der Waals surface area contributed by atoms with E-state index in [1.807, 2.05) is 6.92 Å². The summed E-state index contributed by atoms with van der Waals surface area (Å²) in [5.74, 6) is -0.644. The summed E-state index contributed by atoms with van der Waals surface area (Å²) in [6.45, 7) is 4.15. The first-order valence-corrected chi connectivity index (χ1v) is 5.27. The van der Waals surface area contributed by atoms with Crippen LogP contribution in [0.25, 0.3) is 0 Å². The van der Waals surface area contributed by atoms with Gasteiger partial charge in [-0.2, -0.15) is 0 Å². The molecule has 1 rings (SSSR count). The van der Waals surface area contributed by atoms with Crippen molar-refractivity contribution in [3.8, 4) is 0 Å². The van der Waals surface area contributed by atoms with Crippen molar-refractivity contribution in [2.45, 2.75) is 32.4 Å². The van der Waals surface area contributed by atoms with Gasteiger partial charge in [0.1, 0.15) is 5.82 Å². The monoisotopic (exact) mass is 224 g/mol. The molecule has 0 fully saturated rings. The maximum absolute atomic E-state index is 12.7. The largest absolute Gasteiger partial charge is 0.368 e. The van der Waals surface area contributed by atoms with Crippen LogP contribution in [0.2, 0.25) is 0 Å². The van der Waals surface area contributed by atoms with Gasteiger partial charge in [0.2, 0.25) is 5.91 Å². The molecule has 0 spiro atoms. The average Bonchev–Trinajstić information content (AvgIpc) is 2.27. The van der Waals surface area contributed by atoms with Crippen LogP contribution in [0.4, 0.5) is 4.39 Å². The number of hydrogen-bond acceptors (Lipinski definition) is 2. The first kappa shape index (κ1) is 12.6. The van der Waals surface area contributed by atoms with E-state index in [0.29, 0.717) is 13.0 Å². The maximum atomic E-state index is 12.7. The van der Waals surface area contributed by atoms with Gasteiger partial charge in [-0.25, -0.2) is 4.39 Å². The highest BCUT2D eigenvalue weighted by molar-refractivity contribution is 5.84. The molecular weight excluding hydrogens is 207 g/mol.